The Kier molecular flexibility index (Phi) is 7.43. The number of fused-ring (bicyclic) bond motifs is 2. The summed E-state index contributed by atoms with van der Waals surface area (Å²) in [6.45, 7) is 4.89. The molecule has 0 amide bonds. The highest BCUT2D eigenvalue weighted by Crippen LogP contribution is 2.39. The maximum absolute atomic E-state index is 13.6. The predicted molar refractivity (Wildman–Crippen MR) is 155 cm³/mol. The van der Waals surface area contributed by atoms with Crippen LogP contribution in [-0.2, 0) is 22.3 Å². The molecular weight excluding hydrogens is 563 g/mol. The summed E-state index contributed by atoms with van der Waals surface area (Å²) in [5, 5.41) is 23.0. The van der Waals surface area contributed by atoms with Crippen LogP contribution in [0.2, 0.25) is 0 Å². The molecule has 1 saturated heterocycles. The number of aryl methyl sites for hydroxylation is 1. The molecule has 3 aromatic heterocycles. The Bertz CT molecular complexity index is 1610. The van der Waals surface area contributed by atoms with Gasteiger partial charge in [-0.1, -0.05) is 26.8 Å². The minimum Gasteiger partial charge on any atom is -0.385 e. The van der Waals surface area contributed by atoms with Crippen molar-refractivity contribution in [1.82, 2.24) is 29.4 Å². The van der Waals surface area contributed by atoms with Crippen molar-refractivity contribution in [2.45, 2.75) is 82.0 Å². The number of benzene rings is 1. The van der Waals surface area contributed by atoms with E-state index in [1.807, 2.05) is 6.07 Å². The number of halogens is 3. The molecule has 1 aliphatic heterocycles. The second-order valence-electron chi connectivity index (χ2n) is 13.1. The number of imidazole rings is 1. The van der Waals surface area contributed by atoms with Gasteiger partial charge in [0.1, 0.15) is 35.8 Å². The molecular formula is C30H38F3N7O3. The van der Waals surface area contributed by atoms with Gasteiger partial charge < -0.3 is 25.7 Å². The van der Waals surface area contributed by atoms with Crippen LogP contribution >= 0.6 is 0 Å². The summed E-state index contributed by atoms with van der Waals surface area (Å²) in [6, 6.07) is 7.55. The van der Waals surface area contributed by atoms with Crippen LogP contribution < -0.4 is 5.73 Å². The molecule has 0 spiro atoms. The van der Waals surface area contributed by atoms with E-state index in [-0.39, 0.29) is 36.3 Å². The molecule has 2 aliphatic rings. The van der Waals surface area contributed by atoms with Gasteiger partial charge in [0.2, 0.25) is 0 Å². The molecule has 43 heavy (non-hydrogen) atoms. The van der Waals surface area contributed by atoms with Crippen molar-refractivity contribution in [3.05, 3.63) is 48.2 Å². The zero-order valence-electron chi connectivity index (χ0n) is 24.5. The molecule has 2 fully saturated rings. The lowest BCUT2D eigenvalue weighted by molar-refractivity contribution is -0.163. The van der Waals surface area contributed by atoms with Crippen molar-refractivity contribution in [3.63, 3.8) is 0 Å². The van der Waals surface area contributed by atoms with Gasteiger partial charge in [-0.15, -0.1) is 0 Å². The molecule has 0 bridgehead atoms. The van der Waals surface area contributed by atoms with Crippen molar-refractivity contribution in [1.29, 1.82) is 0 Å². The first-order valence-electron chi connectivity index (χ1n) is 14.6. The quantitative estimate of drug-likeness (QED) is 0.239. The number of aromatic nitrogens is 5. The summed E-state index contributed by atoms with van der Waals surface area (Å²) in [5.74, 6) is 1.35. The van der Waals surface area contributed by atoms with Crippen LogP contribution in [0.4, 0.5) is 19.0 Å². The van der Waals surface area contributed by atoms with E-state index in [1.54, 1.807) is 6.07 Å². The Balaban J connectivity index is 1.09. The number of ether oxygens (including phenoxy) is 1. The van der Waals surface area contributed by atoms with Gasteiger partial charge in [0.25, 0.3) is 0 Å². The van der Waals surface area contributed by atoms with Gasteiger partial charge >= 0.3 is 6.18 Å². The Morgan fingerprint density at radius 1 is 1.19 bits per heavy atom. The summed E-state index contributed by atoms with van der Waals surface area (Å²) in [4.78, 5) is 17.5. The number of nitrogens with two attached hydrogens (primary N) is 1. The molecule has 1 aromatic carbocycles. The minimum absolute atomic E-state index is 0.0288. The Morgan fingerprint density at radius 2 is 1.95 bits per heavy atom. The smallest absolute Gasteiger partial charge is 0.385 e. The highest BCUT2D eigenvalue weighted by atomic mass is 19.4. The van der Waals surface area contributed by atoms with E-state index >= 15 is 0 Å². The van der Waals surface area contributed by atoms with Crippen molar-refractivity contribution >= 4 is 27.9 Å². The summed E-state index contributed by atoms with van der Waals surface area (Å²) in [7, 11) is 0. The zero-order valence-corrected chi connectivity index (χ0v) is 24.5. The lowest BCUT2D eigenvalue weighted by Crippen LogP contribution is -2.54. The van der Waals surface area contributed by atoms with E-state index in [4.69, 9.17) is 15.5 Å². The van der Waals surface area contributed by atoms with Crippen molar-refractivity contribution in [2.24, 2.45) is 5.92 Å². The maximum Gasteiger partial charge on any atom is 0.401 e. The van der Waals surface area contributed by atoms with E-state index in [1.165, 1.54) is 27.6 Å². The molecule has 13 heteroatoms. The minimum atomic E-state index is -4.42. The van der Waals surface area contributed by atoms with Gasteiger partial charge in [0.05, 0.1) is 29.6 Å². The van der Waals surface area contributed by atoms with Crippen molar-refractivity contribution in [3.8, 4) is 0 Å². The number of aromatic amines is 1. The normalized spacial score (nSPS) is 26.5. The largest absolute Gasteiger partial charge is 0.401 e. The van der Waals surface area contributed by atoms with E-state index in [0.717, 1.165) is 23.3 Å². The number of aliphatic hydroxyl groups is 2. The molecule has 1 saturated carbocycles. The number of alkyl halides is 3. The van der Waals surface area contributed by atoms with Gasteiger partial charge in [0.15, 0.2) is 5.72 Å². The number of hydrogen-bond donors (Lipinski definition) is 4. The number of H-pyrrole nitrogens is 1. The Labute approximate surface area is 247 Å². The van der Waals surface area contributed by atoms with Crippen LogP contribution in [0, 0.1) is 5.92 Å². The molecule has 0 radical (unpaired) electrons. The number of aliphatic hydroxyl groups excluding tert-OH is 1. The predicted octanol–water partition coefficient (Wildman–Crippen LogP) is 3.87. The van der Waals surface area contributed by atoms with Crippen LogP contribution in [0.1, 0.15) is 51.4 Å². The first-order valence-corrected chi connectivity index (χ1v) is 14.6. The van der Waals surface area contributed by atoms with Crippen LogP contribution in [-0.4, -0.2) is 83.7 Å². The molecule has 6 rings (SSSR count). The number of anilines is 1. The van der Waals surface area contributed by atoms with Crippen molar-refractivity contribution in [2.75, 3.05) is 25.4 Å². The average Bonchev–Trinajstić information content (AvgIpc) is 3.59. The topological polar surface area (TPSA) is 138 Å². The fourth-order valence-corrected chi connectivity index (χ4v) is 6.38. The third kappa shape index (κ3) is 5.83. The highest BCUT2D eigenvalue weighted by molar-refractivity contribution is 5.86. The van der Waals surface area contributed by atoms with E-state index in [2.05, 4.69) is 47.9 Å². The number of hydrogen-bond acceptors (Lipinski definition) is 8. The van der Waals surface area contributed by atoms with Gasteiger partial charge in [-0.2, -0.15) is 13.2 Å². The summed E-state index contributed by atoms with van der Waals surface area (Å²) < 4.78 is 47.9. The van der Waals surface area contributed by atoms with Gasteiger partial charge in [-0.05, 0) is 54.4 Å². The number of rotatable bonds is 8. The number of nitrogen functional groups attached to an aromatic ring is 1. The van der Waals surface area contributed by atoms with Crippen LogP contribution in [0.3, 0.4) is 0 Å². The zero-order chi connectivity index (χ0) is 30.7. The number of nitrogens with zero attached hydrogens (tertiary/aromatic N) is 5. The van der Waals surface area contributed by atoms with Crippen LogP contribution in [0.25, 0.3) is 22.1 Å². The number of nitrogens with one attached hydrogen (secondary N) is 1. The highest BCUT2D eigenvalue weighted by Gasteiger charge is 2.52. The summed E-state index contributed by atoms with van der Waals surface area (Å²) >= 11 is 0. The Hall–Kier alpha value is -3.26. The molecule has 4 aromatic rings. The van der Waals surface area contributed by atoms with Crippen LogP contribution in [0.15, 0.2) is 36.8 Å². The second-order valence-corrected chi connectivity index (χ2v) is 13.1. The first-order chi connectivity index (χ1) is 20.2. The van der Waals surface area contributed by atoms with E-state index in [9.17, 15) is 23.4 Å². The Morgan fingerprint density at radius 3 is 2.67 bits per heavy atom. The molecule has 0 unspecified atom stereocenters. The standard InChI is InChI=1S/C30H38F3N7O3/c1-28(2,3)18-5-6-21-22(12-18)38-24(37-21)7-4-17-10-19(11-17)39(14-30(31,32)33)13-23-25(41)29(42,15-43-23)40-9-8-20-26(34)35-16-36-27(20)40/h5-6,8-9,12,16-17,19,23,25,41-42H,4,7,10-11,13-15H2,1-3H3,(H,37,38)(H2,34,35,36)/t17?,19?,23-,25-,29+/m1/s1. The molecule has 4 heterocycles. The van der Waals surface area contributed by atoms with E-state index in [0.29, 0.717) is 30.3 Å². The fraction of sp³-hybridized carbons (Fsp3) is 0.567. The lowest BCUT2D eigenvalue weighted by atomic mass is 9.76. The average molecular weight is 602 g/mol. The van der Waals surface area contributed by atoms with Gasteiger partial charge in [0, 0.05) is 25.2 Å². The molecule has 5 N–H and O–H groups in total. The third-order valence-electron chi connectivity index (χ3n) is 8.98. The summed E-state index contributed by atoms with van der Waals surface area (Å²) in [6.07, 6.45) is -1.44. The molecule has 3 atom stereocenters. The summed E-state index contributed by atoms with van der Waals surface area (Å²) in [5.41, 5.74) is 7.42. The monoisotopic (exact) mass is 601 g/mol. The van der Waals surface area contributed by atoms with Crippen molar-refractivity contribution < 1.29 is 28.1 Å². The SMILES string of the molecule is CC(C)(C)c1ccc2nc(CCC3CC(N(C[C@H]4OC[C@@](O)(n5ccc6c(N)ncnc65)[C@@H]4O)CC(F)(F)F)C3)[nH]c2c1. The second kappa shape index (κ2) is 10.7. The molecule has 232 valence electrons. The van der Waals surface area contributed by atoms with Gasteiger partial charge in [-0.3, -0.25) is 9.47 Å². The van der Waals surface area contributed by atoms with Gasteiger partial charge in [-0.25, -0.2) is 15.0 Å². The first kappa shape index (κ1) is 29.8. The molecule has 1 aliphatic carbocycles. The maximum atomic E-state index is 13.6. The lowest BCUT2D eigenvalue weighted by Gasteiger charge is -2.44. The fourth-order valence-electron chi connectivity index (χ4n) is 6.38. The van der Waals surface area contributed by atoms with Crippen LogP contribution in [0.5, 0.6) is 0 Å². The van der Waals surface area contributed by atoms with E-state index < -0.39 is 30.7 Å². The third-order valence-corrected chi connectivity index (χ3v) is 8.98. The molecule has 10 nitrogen and oxygen atoms in total.